The molecule has 1 heterocycles. The molecular formula is C12H17NO. The van der Waals surface area contributed by atoms with Crippen LogP contribution in [0.1, 0.15) is 30.9 Å². The number of piperidine rings is 1. The van der Waals surface area contributed by atoms with Gasteiger partial charge in [0, 0.05) is 12.1 Å². The zero-order valence-corrected chi connectivity index (χ0v) is 8.32. The fraction of sp³-hybridized carbons (Fsp3) is 0.500. The van der Waals surface area contributed by atoms with Crippen molar-refractivity contribution in [1.82, 2.24) is 5.32 Å². The van der Waals surface area contributed by atoms with Crippen molar-refractivity contribution in [3.05, 3.63) is 35.9 Å². The van der Waals surface area contributed by atoms with E-state index >= 15 is 0 Å². The summed E-state index contributed by atoms with van der Waals surface area (Å²) in [5, 5.41) is 12.6. The first-order valence-corrected chi connectivity index (χ1v) is 5.32. The Balaban J connectivity index is 2.04. The quantitative estimate of drug-likeness (QED) is 0.748. The number of aliphatic hydroxyl groups is 1. The van der Waals surface area contributed by atoms with E-state index in [2.05, 4.69) is 29.6 Å². The molecule has 76 valence electrons. The fourth-order valence-electron chi connectivity index (χ4n) is 2.11. The number of aliphatic hydroxyl groups excluding tert-OH is 1. The lowest BCUT2D eigenvalue weighted by Crippen LogP contribution is -2.39. The summed E-state index contributed by atoms with van der Waals surface area (Å²) in [6, 6.07) is 11.2. The molecule has 0 unspecified atom stereocenters. The molecular weight excluding hydrogens is 174 g/mol. The smallest absolute Gasteiger partial charge is 0.0584 e. The maximum absolute atomic E-state index is 9.09. The van der Waals surface area contributed by atoms with Crippen LogP contribution in [0.25, 0.3) is 0 Å². The van der Waals surface area contributed by atoms with Crippen LogP contribution in [0.3, 0.4) is 0 Å². The zero-order chi connectivity index (χ0) is 9.80. The van der Waals surface area contributed by atoms with Gasteiger partial charge >= 0.3 is 0 Å². The van der Waals surface area contributed by atoms with Crippen molar-refractivity contribution in [2.75, 3.05) is 6.61 Å². The first-order chi connectivity index (χ1) is 6.90. The van der Waals surface area contributed by atoms with Gasteiger partial charge in [-0.25, -0.2) is 0 Å². The van der Waals surface area contributed by atoms with Crippen LogP contribution in [0.15, 0.2) is 30.3 Å². The van der Waals surface area contributed by atoms with E-state index in [1.165, 1.54) is 18.4 Å². The van der Waals surface area contributed by atoms with Gasteiger partial charge in [0.1, 0.15) is 0 Å². The molecule has 2 rings (SSSR count). The number of benzene rings is 1. The van der Waals surface area contributed by atoms with Gasteiger partial charge in [-0.15, -0.1) is 0 Å². The molecule has 1 fully saturated rings. The third kappa shape index (κ3) is 2.14. The highest BCUT2D eigenvalue weighted by atomic mass is 16.3. The maximum atomic E-state index is 9.09. The van der Waals surface area contributed by atoms with E-state index in [0.717, 1.165) is 6.42 Å². The van der Waals surface area contributed by atoms with Gasteiger partial charge < -0.3 is 10.4 Å². The van der Waals surface area contributed by atoms with Gasteiger partial charge in [0.2, 0.25) is 0 Å². The van der Waals surface area contributed by atoms with Crippen molar-refractivity contribution in [2.24, 2.45) is 0 Å². The molecule has 0 saturated carbocycles. The largest absolute Gasteiger partial charge is 0.395 e. The Hall–Kier alpha value is -0.860. The molecule has 0 radical (unpaired) electrons. The first-order valence-electron chi connectivity index (χ1n) is 5.32. The van der Waals surface area contributed by atoms with Crippen LogP contribution in [-0.4, -0.2) is 17.8 Å². The average Bonchev–Trinajstić information content (AvgIpc) is 2.30. The molecule has 0 spiro atoms. The van der Waals surface area contributed by atoms with E-state index in [1.54, 1.807) is 0 Å². The lowest BCUT2D eigenvalue weighted by Gasteiger charge is -2.30. The Bertz CT molecular complexity index is 273. The average molecular weight is 191 g/mol. The summed E-state index contributed by atoms with van der Waals surface area (Å²) in [5.41, 5.74) is 1.34. The molecule has 0 bridgehead atoms. The summed E-state index contributed by atoms with van der Waals surface area (Å²) >= 11 is 0. The molecule has 2 nitrogen and oxygen atoms in total. The van der Waals surface area contributed by atoms with E-state index in [-0.39, 0.29) is 12.6 Å². The van der Waals surface area contributed by atoms with Crippen molar-refractivity contribution in [3.63, 3.8) is 0 Å². The minimum absolute atomic E-state index is 0.253. The van der Waals surface area contributed by atoms with E-state index in [4.69, 9.17) is 5.11 Å². The Morgan fingerprint density at radius 3 is 2.71 bits per heavy atom. The predicted molar refractivity (Wildman–Crippen MR) is 57.0 cm³/mol. The highest BCUT2D eigenvalue weighted by Crippen LogP contribution is 2.24. The van der Waals surface area contributed by atoms with Crippen LogP contribution in [0, 0.1) is 0 Å². The highest BCUT2D eigenvalue weighted by Gasteiger charge is 2.20. The fourth-order valence-corrected chi connectivity index (χ4v) is 2.11. The van der Waals surface area contributed by atoms with E-state index in [1.807, 2.05) is 6.07 Å². The molecule has 1 aromatic carbocycles. The Kier molecular flexibility index (Phi) is 3.17. The Labute approximate surface area is 85.0 Å². The minimum atomic E-state index is 0.253. The van der Waals surface area contributed by atoms with Crippen LogP contribution in [0.2, 0.25) is 0 Å². The van der Waals surface area contributed by atoms with Gasteiger partial charge in [0.25, 0.3) is 0 Å². The van der Waals surface area contributed by atoms with E-state index < -0.39 is 0 Å². The summed E-state index contributed by atoms with van der Waals surface area (Å²) in [6.45, 7) is 0.253. The Morgan fingerprint density at radius 1 is 1.21 bits per heavy atom. The number of rotatable bonds is 2. The summed E-state index contributed by atoms with van der Waals surface area (Å²) in [6.07, 6.45) is 3.48. The molecule has 1 aliphatic heterocycles. The van der Waals surface area contributed by atoms with E-state index in [0.29, 0.717) is 6.04 Å². The van der Waals surface area contributed by atoms with Crippen molar-refractivity contribution in [1.29, 1.82) is 0 Å². The number of nitrogens with one attached hydrogen (secondary N) is 1. The van der Waals surface area contributed by atoms with Gasteiger partial charge in [-0.2, -0.15) is 0 Å². The monoisotopic (exact) mass is 191 g/mol. The number of hydrogen-bond donors (Lipinski definition) is 2. The third-order valence-electron chi connectivity index (χ3n) is 2.90. The first kappa shape index (κ1) is 9.69. The summed E-state index contributed by atoms with van der Waals surface area (Å²) in [4.78, 5) is 0. The lowest BCUT2D eigenvalue weighted by molar-refractivity contribution is 0.198. The van der Waals surface area contributed by atoms with Crippen molar-refractivity contribution < 1.29 is 5.11 Å². The molecule has 1 aromatic rings. The van der Waals surface area contributed by atoms with Gasteiger partial charge in [-0.05, 0) is 24.8 Å². The zero-order valence-electron chi connectivity index (χ0n) is 8.32. The normalized spacial score (nSPS) is 27.5. The summed E-state index contributed by atoms with van der Waals surface area (Å²) in [7, 11) is 0. The standard InChI is InChI=1S/C12H17NO/c14-9-11-7-4-8-12(13-11)10-5-2-1-3-6-10/h1-3,5-6,11-14H,4,7-9H2/t11-,12+/m0/s1. The lowest BCUT2D eigenvalue weighted by atomic mass is 9.94. The summed E-state index contributed by atoms with van der Waals surface area (Å²) < 4.78 is 0. The van der Waals surface area contributed by atoms with Crippen LogP contribution >= 0.6 is 0 Å². The third-order valence-corrected chi connectivity index (χ3v) is 2.90. The molecule has 2 atom stereocenters. The van der Waals surface area contributed by atoms with Crippen molar-refractivity contribution in [3.8, 4) is 0 Å². The van der Waals surface area contributed by atoms with Crippen LogP contribution in [0.5, 0.6) is 0 Å². The highest BCUT2D eigenvalue weighted by molar-refractivity contribution is 5.19. The van der Waals surface area contributed by atoms with E-state index in [9.17, 15) is 0 Å². The SMILES string of the molecule is OC[C@@H]1CCC[C@H](c2ccccc2)N1. The van der Waals surface area contributed by atoms with Crippen LogP contribution in [0.4, 0.5) is 0 Å². The molecule has 14 heavy (non-hydrogen) atoms. The van der Waals surface area contributed by atoms with Gasteiger partial charge in [0.15, 0.2) is 0 Å². The second kappa shape index (κ2) is 4.58. The molecule has 2 N–H and O–H groups in total. The second-order valence-corrected chi connectivity index (χ2v) is 3.94. The summed E-state index contributed by atoms with van der Waals surface area (Å²) in [5.74, 6) is 0. The van der Waals surface area contributed by atoms with Crippen molar-refractivity contribution >= 4 is 0 Å². The molecule has 0 amide bonds. The van der Waals surface area contributed by atoms with Gasteiger partial charge in [-0.1, -0.05) is 30.3 Å². The molecule has 1 aliphatic rings. The number of hydrogen-bond acceptors (Lipinski definition) is 2. The predicted octanol–water partition coefficient (Wildman–Crippen LogP) is 1.86. The van der Waals surface area contributed by atoms with Crippen LogP contribution < -0.4 is 5.32 Å². The molecule has 2 heteroatoms. The van der Waals surface area contributed by atoms with Gasteiger partial charge in [-0.3, -0.25) is 0 Å². The molecule has 0 aromatic heterocycles. The van der Waals surface area contributed by atoms with Crippen molar-refractivity contribution in [2.45, 2.75) is 31.3 Å². The maximum Gasteiger partial charge on any atom is 0.0584 e. The van der Waals surface area contributed by atoms with Gasteiger partial charge in [0.05, 0.1) is 6.61 Å². The molecule has 0 aliphatic carbocycles. The Morgan fingerprint density at radius 2 is 2.00 bits per heavy atom. The topological polar surface area (TPSA) is 32.3 Å². The minimum Gasteiger partial charge on any atom is -0.395 e. The second-order valence-electron chi connectivity index (χ2n) is 3.94. The van der Waals surface area contributed by atoms with Crippen LogP contribution in [-0.2, 0) is 0 Å². The molecule has 1 saturated heterocycles.